The molecule has 1 aliphatic heterocycles. The molecule has 134 valence electrons. The molecule has 2 nitrogen and oxygen atoms in total. The molecule has 0 atom stereocenters. The Morgan fingerprint density at radius 3 is 2.57 bits per heavy atom. The molecule has 0 spiro atoms. The lowest BCUT2D eigenvalue weighted by atomic mass is 9.90. The summed E-state index contributed by atoms with van der Waals surface area (Å²) >= 11 is 0. The maximum absolute atomic E-state index is 14.1. The van der Waals surface area contributed by atoms with Gasteiger partial charge in [-0.05, 0) is 58.3 Å². The Morgan fingerprint density at radius 2 is 1.68 bits per heavy atom. The first-order valence-electron chi connectivity index (χ1n) is 9.37. The van der Waals surface area contributed by atoms with Crippen molar-refractivity contribution in [3.05, 3.63) is 78.2 Å². The number of aryl methyl sites for hydroxylation is 2. The Kier molecular flexibility index (Phi) is 2.95. The molecule has 5 aromatic rings. The molecule has 28 heavy (non-hydrogen) atoms. The summed E-state index contributed by atoms with van der Waals surface area (Å²) in [6, 6.07) is 19.5. The lowest BCUT2D eigenvalue weighted by molar-refractivity contribution is -0.659. The van der Waals surface area contributed by atoms with Crippen molar-refractivity contribution in [1.82, 2.24) is 0 Å². The van der Waals surface area contributed by atoms with Crippen LogP contribution in [0.4, 0.5) is 4.39 Å². The SMILES string of the molecule is Cc1c2c(cc3ccccc13)Oc1c3cc(F)ccc3cc3cc[n+](C)c-2c13. The van der Waals surface area contributed by atoms with E-state index in [0.717, 1.165) is 49.7 Å². The van der Waals surface area contributed by atoms with E-state index >= 15 is 0 Å². The quantitative estimate of drug-likeness (QED) is 0.231. The highest BCUT2D eigenvalue weighted by Crippen LogP contribution is 2.50. The fraction of sp³-hybridized carbons (Fsp3) is 0.0800. The molecule has 3 heteroatoms. The molecule has 0 amide bonds. The van der Waals surface area contributed by atoms with Gasteiger partial charge in [-0.3, -0.25) is 0 Å². The van der Waals surface area contributed by atoms with Crippen LogP contribution < -0.4 is 9.30 Å². The third kappa shape index (κ3) is 1.93. The minimum Gasteiger partial charge on any atom is -0.455 e. The molecule has 1 aliphatic rings. The topological polar surface area (TPSA) is 13.1 Å². The summed E-state index contributed by atoms with van der Waals surface area (Å²) in [4.78, 5) is 0. The normalized spacial score (nSPS) is 12.4. The number of benzene rings is 4. The number of aromatic nitrogens is 1. The van der Waals surface area contributed by atoms with Gasteiger partial charge < -0.3 is 4.74 Å². The average molecular weight is 366 g/mol. The zero-order chi connectivity index (χ0) is 19.0. The fourth-order valence-corrected chi connectivity index (χ4v) is 4.56. The summed E-state index contributed by atoms with van der Waals surface area (Å²) < 4.78 is 22.7. The van der Waals surface area contributed by atoms with Crippen molar-refractivity contribution < 1.29 is 13.7 Å². The molecule has 4 aromatic carbocycles. The Hall–Kier alpha value is -3.46. The molecule has 2 heterocycles. The number of pyridine rings is 1. The fourth-order valence-electron chi connectivity index (χ4n) is 4.56. The summed E-state index contributed by atoms with van der Waals surface area (Å²) in [5.41, 5.74) is 3.42. The number of rotatable bonds is 0. The van der Waals surface area contributed by atoms with Crippen molar-refractivity contribution >= 4 is 32.3 Å². The van der Waals surface area contributed by atoms with E-state index in [-0.39, 0.29) is 5.82 Å². The monoisotopic (exact) mass is 366 g/mol. The third-order valence-electron chi connectivity index (χ3n) is 5.88. The van der Waals surface area contributed by atoms with Gasteiger partial charge in [-0.2, -0.15) is 0 Å². The molecule has 0 saturated carbocycles. The number of ether oxygens (including phenoxy) is 1. The molecule has 0 bridgehead atoms. The summed E-state index contributed by atoms with van der Waals surface area (Å²) in [6.07, 6.45) is 2.08. The van der Waals surface area contributed by atoms with E-state index in [2.05, 4.69) is 61.1 Å². The van der Waals surface area contributed by atoms with Crippen LogP contribution >= 0.6 is 0 Å². The lowest BCUT2D eigenvalue weighted by Crippen LogP contribution is -2.31. The van der Waals surface area contributed by atoms with E-state index in [1.165, 1.54) is 17.0 Å². The van der Waals surface area contributed by atoms with E-state index in [1.54, 1.807) is 6.07 Å². The summed E-state index contributed by atoms with van der Waals surface area (Å²) in [5, 5.41) is 6.27. The minimum atomic E-state index is -0.256. The van der Waals surface area contributed by atoms with Gasteiger partial charge in [0.1, 0.15) is 24.4 Å². The van der Waals surface area contributed by atoms with Crippen molar-refractivity contribution in [2.45, 2.75) is 6.92 Å². The average Bonchev–Trinajstić information content (AvgIpc) is 2.70. The van der Waals surface area contributed by atoms with Crippen molar-refractivity contribution in [3.8, 4) is 22.8 Å². The van der Waals surface area contributed by atoms with E-state index in [9.17, 15) is 4.39 Å². The molecule has 0 fully saturated rings. The van der Waals surface area contributed by atoms with Crippen LogP contribution in [0.3, 0.4) is 0 Å². The van der Waals surface area contributed by atoms with Crippen LogP contribution in [0.2, 0.25) is 0 Å². The maximum Gasteiger partial charge on any atom is 0.228 e. The molecule has 0 unspecified atom stereocenters. The van der Waals surface area contributed by atoms with Crippen LogP contribution in [0, 0.1) is 12.7 Å². The smallest absolute Gasteiger partial charge is 0.228 e. The molecular weight excluding hydrogens is 349 g/mol. The van der Waals surface area contributed by atoms with Crippen LogP contribution in [0.1, 0.15) is 5.56 Å². The Labute approximate surface area is 161 Å². The van der Waals surface area contributed by atoms with Gasteiger partial charge >= 0.3 is 0 Å². The number of hydrogen-bond donors (Lipinski definition) is 0. The van der Waals surface area contributed by atoms with Gasteiger partial charge in [0.05, 0.1) is 10.9 Å². The van der Waals surface area contributed by atoms with Gasteiger partial charge in [0, 0.05) is 11.5 Å². The third-order valence-corrected chi connectivity index (χ3v) is 5.88. The number of nitrogens with zero attached hydrogens (tertiary/aromatic N) is 1. The van der Waals surface area contributed by atoms with Gasteiger partial charge in [-0.15, -0.1) is 0 Å². The molecule has 0 saturated heterocycles. The maximum atomic E-state index is 14.1. The predicted octanol–water partition coefficient (Wildman–Crippen LogP) is 6.19. The first-order chi connectivity index (χ1) is 13.6. The van der Waals surface area contributed by atoms with Crippen molar-refractivity contribution in [3.63, 3.8) is 0 Å². The molecule has 6 rings (SSSR count). The summed E-state index contributed by atoms with van der Waals surface area (Å²) in [6.45, 7) is 2.15. The van der Waals surface area contributed by atoms with Crippen molar-refractivity contribution in [2.24, 2.45) is 7.05 Å². The summed E-state index contributed by atoms with van der Waals surface area (Å²) in [7, 11) is 2.05. The zero-order valence-electron chi connectivity index (χ0n) is 15.6. The highest BCUT2D eigenvalue weighted by atomic mass is 19.1. The second-order valence-electron chi connectivity index (χ2n) is 7.51. The van der Waals surface area contributed by atoms with Gasteiger partial charge in [0.2, 0.25) is 5.69 Å². The Balaban J connectivity index is 1.86. The molecular formula is C25H17FNO+. The molecule has 0 N–H and O–H groups in total. The number of fused-ring (bicyclic) bond motifs is 5. The van der Waals surface area contributed by atoms with E-state index in [1.807, 2.05) is 12.1 Å². The minimum absolute atomic E-state index is 0.256. The second kappa shape index (κ2) is 5.29. The van der Waals surface area contributed by atoms with Crippen LogP contribution in [-0.4, -0.2) is 0 Å². The Morgan fingerprint density at radius 1 is 0.857 bits per heavy atom. The van der Waals surface area contributed by atoms with Crippen LogP contribution in [0.15, 0.2) is 66.9 Å². The number of halogens is 1. The highest BCUT2D eigenvalue weighted by Gasteiger charge is 2.31. The second-order valence-corrected chi connectivity index (χ2v) is 7.51. The van der Waals surface area contributed by atoms with Crippen LogP contribution in [0.25, 0.3) is 43.6 Å². The van der Waals surface area contributed by atoms with Crippen LogP contribution in [-0.2, 0) is 7.05 Å². The molecule has 0 aliphatic carbocycles. The zero-order valence-corrected chi connectivity index (χ0v) is 15.6. The first kappa shape index (κ1) is 15.6. The van der Waals surface area contributed by atoms with Crippen LogP contribution in [0.5, 0.6) is 11.5 Å². The van der Waals surface area contributed by atoms with Crippen molar-refractivity contribution in [2.75, 3.05) is 0 Å². The molecule has 0 radical (unpaired) electrons. The summed E-state index contributed by atoms with van der Waals surface area (Å²) in [5.74, 6) is 1.30. The highest BCUT2D eigenvalue weighted by molar-refractivity contribution is 6.13. The van der Waals surface area contributed by atoms with Gasteiger partial charge in [-0.1, -0.05) is 30.3 Å². The number of hydrogen-bond acceptors (Lipinski definition) is 1. The lowest BCUT2D eigenvalue weighted by Gasteiger charge is -2.23. The Bertz CT molecular complexity index is 1470. The van der Waals surface area contributed by atoms with Gasteiger partial charge in [0.15, 0.2) is 6.20 Å². The van der Waals surface area contributed by atoms with E-state index in [0.29, 0.717) is 0 Å². The predicted molar refractivity (Wildman–Crippen MR) is 110 cm³/mol. The van der Waals surface area contributed by atoms with E-state index < -0.39 is 0 Å². The van der Waals surface area contributed by atoms with Gasteiger partial charge in [-0.25, -0.2) is 8.96 Å². The van der Waals surface area contributed by atoms with Gasteiger partial charge in [0.25, 0.3) is 0 Å². The standard InChI is InChI=1S/C25H17FNO/c1-14-19-6-4-3-5-15(19)12-21-22(14)24-23-17(9-10-27(24)2)11-16-7-8-18(26)13-20(16)25(23)28-21/h3-13H,1-2H3/q+1. The largest absolute Gasteiger partial charge is 0.455 e. The molecule has 1 aromatic heterocycles. The first-order valence-corrected chi connectivity index (χ1v) is 9.37. The van der Waals surface area contributed by atoms with Crippen molar-refractivity contribution in [1.29, 1.82) is 0 Å². The van der Waals surface area contributed by atoms with E-state index in [4.69, 9.17) is 4.74 Å².